The molecule has 0 spiro atoms. The Hall–Kier alpha value is -2.43. The summed E-state index contributed by atoms with van der Waals surface area (Å²) in [5.74, 6) is 1.21. The van der Waals surface area contributed by atoms with E-state index in [-0.39, 0.29) is 12.0 Å². The maximum Gasteiger partial charge on any atom is 0.124 e. The summed E-state index contributed by atoms with van der Waals surface area (Å²) >= 11 is 0. The Bertz CT molecular complexity index is 913. The molecule has 4 nitrogen and oxygen atoms in total. The molecular formula is C24H28N2O2. The molecular weight excluding hydrogens is 348 g/mol. The van der Waals surface area contributed by atoms with Gasteiger partial charge in [-0.05, 0) is 47.4 Å². The highest BCUT2D eigenvalue weighted by atomic mass is 16.5. The maximum atomic E-state index is 10.6. The van der Waals surface area contributed by atoms with Crippen LogP contribution in [-0.2, 0) is 13.0 Å². The Morgan fingerprint density at radius 3 is 2.71 bits per heavy atom. The summed E-state index contributed by atoms with van der Waals surface area (Å²) < 4.78 is 6.06. The first-order chi connectivity index (χ1) is 13.7. The number of benzene rings is 2. The molecule has 1 aromatic heterocycles. The number of aromatic nitrogens is 1. The molecule has 0 amide bonds. The van der Waals surface area contributed by atoms with E-state index in [9.17, 15) is 5.11 Å². The topological polar surface area (TPSA) is 45.6 Å². The summed E-state index contributed by atoms with van der Waals surface area (Å²) in [5, 5.41) is 13.1. The molecule has 1 saturated heterocycles. The molecule has 2 aromatic carbocycles. The number of aliphatic hydroxyl groups is 1. The van der Waals surface area contributed by atoms with Gasteiger partial charge >= 0.3 is 0 Å². The maximum absolute atomic E-state index is 10.6. The molecule has 3 aromatic rings. The van der Waals surface area contributed by atoms with Crippen molar-refractivity contribution < 1.29 is 9.84 Å². The Morgan fingerprint density at radius 2 is 1.89 bits per heavy atom. The first-order valence-corrected chi connectivity index (χ1v) is 10.2. The molecule has 2 atom stereocenters. The lowest BCUT2D eigenvalue weighted by atomic mass is 9.97. The third-order valence-corrected chi connectivity index (χ3v) is 5.57. The molecule has 4 heteroatoms. The molecule has 0 aliphatic carbocycles. The highest BCUT2D eigenvalue weighted by Gasteiger charge is 2.32. The summed E-state index contributed by atoms with van der Waals surface area (Å²) in [7, 11) is 0. The molecule has 146 valence electrons. The van der Waals surface area contributed by atoms with Crippen LogP contribution in [0.25, 0.3) is 10.8 Å². The smallest absolute Gasteiger partial charge is 0.124 e. The van der Waals surface area contributed by atoms with Gasteiger partial charge in [0.15, 0.2) is 0 Å². The summed E-state index contributed by atoms with van der Waals surface area (Å²) in [5.41, 5.74) is 2.46. The molecule has 1 aliphatic rings. The van der Waals surface area contributed by atoms with Crippen LogP contribution in [0.3, 0.4) is 0 Å². The number of hydrogen-bond donors (Lipinski definition) is 1. The summed E-state index contributed by atoms with van der Waals surface area (Å²) in [6, 6.07) is 16.8. The van der Waals surface area contributed by atoms with Gasteiger partial charge in [-0.25, -0.2) is 0 Å². The summed E-state index contributed by atoms with van der Waals surface area (Å²) in [6.07, 6.45) is 5.21. The number of likely N-dealkylation sites (tertiary alicyclic amines) is 1. The number of β-amino-alcohol motifs (C(OH)–C–C–N with tert-alkyl or cyclic N) is 1. The Labute approximate surface area is 166 Å². The number of rotatable bonds is 7. The third kappa shape index (κ3) is 4.18. The van der Waals surface area contributed by atoms with E-state index in [1.165, 1.54) is 21.9 Å². The van der Waals surface area contributed by atoms with Crippen molar-refractivity contribution in [3.8, 4) is 5.75 Å². The molecule has 0 bridgehead atoms. The molecule has 1 N–H and O–H groups in total. The first kappa shape index (κ1) is 18.9. The van der Waals surface area contributed by atoms with Gasteiger partial charge < -0.3 is 9.84 Å². The minimum Gasteiger partial charge on any atom is -0.493 e. The minimum absolute atomic E-state index is 0.248. The zero-order chi connectivity index (χ0) is 19.3. The summed E-state index contributed by atoms with van der Waals surface area (Å²) in [6.45, 7) is 5.23. The van der Waals surface area contributed by atoms with E-state index < -0.39 is 0 Å². The van der Waals surface area contributed by atoms with Gasteiger partial charge in [-0.1, -0.05) is 37.3 Å². The van der Waals surface area contributed by atoms with E-state index >= 15 is 0 Å². The van der Waals surface area contributed by atoms with Crippen LogP contribution in [0.15, 0.2) is 60.9 Å². The lowest BCUT2D eigenvalue weighted by molar-refractivity contribution is 0.141. The molecule has 2 heterocycles. The fraction of sp³-hybridized carbons (Fsp3) is 0.375. The lowest BCUT2D eigenvalue weighted by Crippen LogP contribution is -2.22. The molecule has 0 radical (unpaired) electrons. The van der Waals surface area contributed by atoms with Crippen molar-refractivity contribution in [2.45, 2.75) is 32.4 Å². The van der Waals surface area contributed by atoms with Gasteiger partial charge in [0.25, 0.3) is 0 Å². The highest BCUT2D eigenvalue weighted by Crippen LogP contribution is 2.32. The minimum atomic E-state index is -0.303. The summed E-state index contributed by atoms with van der Waals surface area (Å²) in [4.78, 5) is 6.44. The van der Waals surface area contributed by atoms with Crippen LogP contribution in [0.4, 0.5) is 0 Å². The van der Waals surface area contributed by atoms with E-state index in [1.807, 2.05) is 24.5 Å². The molecule has 1 aliphatic heterocycles. The second-order valence-electron chi connectivity index (χ2n) is 7.69. The molecule has 4 rings (SSSR count). The van der Waals surface area contributed by atoms with Crippen LogP contribution in [0, 0.1) is 5.92 Å². The average molecular weight is 377 g/mol. The number of pyridine rings is 1. The van der Waals surface area contributed by atoms with E-state index in [1.54, 1.807) is 0 Å². The highest BCUT2D eigenvalue weighted by molar-refractivity contribution is 5.87. The van der Waals surface area contributed by atoms with Gasteiger partial charge in [0.1, 0.15) is 5.75 Å². The normalized spacial score (nSPS) is 19.9. The van der Waals surface area contributed by atoms with Crippen molar-refractivity contribution in [2.75, 3.05) is 19.7 Å². The van der Waals surface area contributed by atoms with Crippen LogP contribution < -0.4 is 4.74 Å². The fourth-order valence-electron chi connectivity index (χ4n) is 4.14. The number of ether oxygens (including phenoxy) is 1. The van der Waals surface area contributed by atoms with Crippen LogP contribution in [-0.4, -0.2) is 40.8 Å². The van der Waals surface area contributed by atoms with Crippen LogP contribution in [0.5, 0.6) is 5.75 Å². The predicted molar refractivity (Wildman–Crippen MR) is 112 cm³/mol. The van der Waals surface area contributed by atoms with Gasteiger partial charge in [-0.2, -0.15) is 0 Å². The van der Waals surface area contributed by atoms with Crippen molar-refractivity contribution in [2.24, 2.45) is 5.92 Å². The van der Waals surface area contributed by atoms with Gasteiger partial charge in [0, 0.05) is 43.5 Å². The number of hydrogen-bond acceptors (Lipinski definition) is 4. The van der Waals surface area contributed by atoms with Crippen LogP contribution in [0.2, 0.25) is 0 Å². The van der Waals surface area contributed by atoms with E-state index in [2.05, 4.69) is 53.2 Å². The molecule has 0 unspecified atom stereocenters. The van der Waals surface area contributed by atoms with Crippen LogP contribution >= 0.6 is 0 Å². The Balaban J connectivity index is 1.54. The third-order valence-electron chi connectivity index (χ3n) is 5.57. The zero-order valence-corrected chi connectivity index (χ0v) is 16.4. The first-order valence-electron chi connectivity index (χ1n) is 10.2. The van der Waals surface area contributed by atoms with E-state index in [0.29, 0.717) is 6.54 Å². The quantitative estimate of drug-likeness (QED) is 0.675. The van der Waals surface area contributed by atoms with E-state index in [0.717, 1.165) is 38.3 Å². The Kier molecular flexibility index (Phi) is 5.89. The van der Waals surface area contributed by atoms with Gasteiger partial charge in [-0.3, -0.25) is 9.88 Å². The van der Waals surface area contributed by atoms with Crippen molar-refractivity contribution >= 4 is 10.8 Å². The second kappa shape index (κ2) is 8.72. The van der Waals surface area contributed by atoms with Crippen molar-refractivity contribution in [1.29, 1.82) is 0 Å². The fourth-order valence-corrected chi connectivity index (χ4v) is 4.14. The molecule has 0 saturated carbocycles. The Morgan fingerprint density at radius 1 is 1.07 bits per heavy atom. The molecule has 28 heavy (non-hydrogen) atoms. The van der Waals surface area contributed by atoms with Crippen molar-refractivity contribution in [3.63, 3.8) is 0 Å². The number of nitrogens with zero attached hydrogens (tertiary/aromatic N) is 2. The van der Waals surface area contributed by atoms with Gasteiger partial charge in [0.05, 0.1) is 12.7 Å². The standard InChI is InChI=1S/C24H28N2O2/c1-2-13-28-24-8-7-19-5-3-4-6-21(19)22(24)16-26-15-20(23(27)17-26)14-18-9-11-25-12-10-18/h3-12,20,23,27H,2,13-17H2,1H3/t20-,23+/m1/s1. The van der Waals surface area contributed by atoms with Crippen LogP contribution in [0.1, 0.15) is 24.5 Å². The number of fused-ring (bicyclic) bond motifs is 1. The van der Waals surface area contributed by atoms with E-state index in [4.69, 9.17) is 4.74 Å². The monoisotopic (exact) mass is 376 g/mol. The van der Waals surface area contributed by atoms with Gasteiger partial charge in [-0.15, -0.1) is 0 Å². The van der Waals surface area contributed by atoms with Crippen molar-refractivity contribution in [3.05, 3.63) is 72.1 Å². The SMILES string of the molecule is CCCOc1ccc2ccccc2c1CN1C[C@@H](Cc2ccncc2)[C@@H](O)C1. The molecule has 1 fully saturated rings. The lowest BCUT2D eigenvalue weighted by Gasteiger charge is -2.20. The predicted octanol–water partition coefficient (Wildman–Crippen LogP) is 4.06. The van der Waals surface area contributed by atoms with Crippen molar-refractivity contribution in [1.82, 2.24) is 9.88 Å². The van der Waals surface area contributed by atoms with Gasteiger partial charge in [0.2, 0.25) is 0 Å². The zero-order valence-electron chi connectivity index (χ0n) is 16.4. The number of aliphatic hydroxyl groups excluding tert-OH is 1. The second-order valence-corrected chi connectivity index (χ2v) is 7.69. The average Bonchev–Trinajstić information content (AvgIpc) is 3.07. The largest absolute Gasteiger partial charge is 0.493 e.